The van der Waals surface area contributed by atoms with Crippen molar-refractivity contribution in [3.8, 4) is 0 Å². The van der Waals surface area contributed by atoms with Crippen LogP contribution in [0.15, 0.2) is 28.9 Å². The average molecular weight is 416 g/mol. The summed E-state index contributed by atoms with van der Waals surface area (Å²) in [5.74, 6) is -0.750. The number of benzene rings is 1. The number of hydrogen-bond acceptors (Lipinski definition) is 2. The summed E-state index contributed by atoms with van der Waals surface area (Å²) in [5, 5.41) is 6.49. The van der Waals surface area contributed by atoms with Crippen LogP contribution in [0.2, 0.25) is 0 Å². The van der Waals surface area contributed by atoms with Gasteiger partial charge in [0.2, 0.25) is 0 Å². The third kappa shape index (κ3) is 3.44. The van der Waals surface area contributed by atoms with Crippen molar-refractivity contribution in [3.63, 3.8) is 0 Å². The number of alkyl halides is 3. The van der Waals surface area contributed by atoms with Crippen molar-refractivity contribution in [2.24, 2.45) is 0 Å². The smallest absolute Gasteiger partial charge is 0.345 e. The van der Waals surface area contributed by atoms with Crippen molar-refractivity contribution in [1.82, 2.24) is 15.1 Å². The molecule has 0 radical (unpaired) electrons. The highest BCUT2D eigenvalue weighted by Crippen LogP contribution is 2.36. The van der Waals surface area contributed by atoms with Gasteiger partial charge in [0, 0.05) is 10.5 Å². The number of aryl methyl sites for hydroxylation is 1. The van der Waals surface area contributed by atoms with E-state index < -0.39 is 29.4 Å². The number of nitrogens with one attached hydrogen (secondary N) is 1. The number of rotatable bonds is 3. The third-order valence-corrected chi connectivity index (χ3v) is 4.78. The second kappa shape index (κ2) is 6.48. The molecule has 4 nitrogen and oxygen atoms in total. The van der Waals surface area contributed by atoms with Crippen molar-refractivity contribution in [2.45, 2.75) is 44.9 Å². The highest BCUT2D eigenvalue weighted by Gasteiger charge is 2.41. The van der Waals surface area contributed by atoms with Crippen molar-refractivity contribution in [3.05, 3.63) is 51.3 Å². The molecule has 1 atom stereocenters. The van der Waals surface area contributed by atoms with Gasteiger partial charge in [-0.05, 0) is 49.9 Å². The molecule has 1 unspecified atom stereocenters. The molecular weight excluding hydrogens is 399 g/mol. The van der Waals surface area contributed by atoms with Crippen LogP contribution in [0.5, 0.6) is 0 Å². The zero-order chi connectivity index (χ0) is 18.4. The first-order valence-electron chi connectivity index (χ1n) is 7.92. The summed E-state index contributed by atoms with van der Waals surface area (Å²) in [6.45, 7) is 3.18. The minimum Gasteiger partial charge on any atom is -0.345 e. The molecule has 1 aromatic carbocycles. The zero-order valence-electron chi connectivity index (χ0n) is 13.7. The van der Waals surface area contributed by atoms with Crippen LogP contribution in [0.4, 0.5) is 13.2 Å². The van der Waals surface area contributed by atoms with Gasteiger partial charge < -0.3 is 5.32 Å². The largest absolute Gasteiger partial charge is 0.433 e. The molecule has 0 fully saturated rings. The van der Waals surface area contributed by atoms with Gasteiger partial charge in [-0.1, -0.05) is 22.0 Å². The van der Waals surface area contributed by atoms with E-state index in [0.717, 1.165) is 32.9 Å². The Bertz CT molecular complexity index is 814. The molecule has 134 valence electrons. The van der Waals surface area contributed by atoms with Crippen LogP contribution < -0.4 is 5.32 Å². The number of fused-ring (bicyclic) bond motifs is 1. The Hall–Kier alpha value is -1.83. The summed E-state index contributed by atoms with van der Waals surface area (Å²) in [7, 11) is 0. The summed E-state index contributed by atoms with van der Waals surface area (Å²) < 4.78 is 42.0. The van der Waals surface area contributed by atoms with Crippen LogP contribution >= 0.6 is 15.9 Å². The van der Waals surface area contributed by atoms with Gasteiger partial charge in [-0.2, -0.15) is 18.3 Å². The van der Waals surface area contributed by atoms with Crippen molar-refractivity contribution < 1.29 is 18.0 Å². The number of carbonyl (C=O) groups is 1. The molecule has 2 aromatic rings. The highest BCUT2D eigenvalue weighted by molar-refractivity contribution is 9.10. The van der Waals surface area contributed by atoms with Gasteiger partial charge in [-0.25, -0.2) is 0 Å². The molecule has 0 bridgehead atoms. The first-order chi connectivity index (χ1) is 11.7. The van der Waals surface area contributed by atoms with Crippen molar-refractivity contribution in [1.29, 1.82) is 0 Å². The van der Waals surface area contributed by atoms with Gasteiger partial charge in [0.15, 0.2) is 5.69 Å². The van der Waals surface area contributed by atoms with Gasteiger partial charge in [0.05, 0.1) is 17.8 Å². The SMILES string of the molecule is CC(C)n1ncc(C(=O)NC2CCc3cc(Br)ccc32)c1C(F)(F)F. The topological polar surface area (TPSA) is 46.9 Å². The minimum atomic E-state index is -4.65. The predicted octanol–water partition coefficient (Wildman–Crippen LogP) is 4.66. The van der Waals surface area contributed by atoms with E-state index in [1.54, 1.807) is 13.8 Å². The molecule has 25 heavy (non-hydrogen) atoms. The minimum absolute atomic E-state index is 0.293. The Morgan fingerprint density at radius 2 is 2.12 bits per heavy atom. The van der Waals surface area contributed by atoms with Crippen LogP contribution in [0.25, 0.3) is 0 Å². The number of carbonyl (C=O) groups excluding carboxylic acids is 1. The van der Waals surface area contributed by atoms with E-state index in [-0.39, 0.29) is 6.04 Å². The molecule has 1 aromatic heterocycles. The first-order valence-corrected chi connectivity index (χ1v) is 8.71. The lowest BCUT2D eigenvalue weighted by Crippen LogP contribution is -2.29. The van der Waals surface area contributed by atoms with Crippen LogP contribution in [0, 0.1) is 0 Å². The maximum absolute atomic E-state index is 13.4. The molecule has 0 saturated carbocycles. The molecule has 3 rings (SSSR count). The van der Waals surface area contributed by atoms with Gasteiger partial charge >= 0.3 is 6.18 Å². The number of hydrogen-bond donors (Lipinski definition) is 1. The van der Waals surface area contributed by atoms with E-state index in [0.29, 0.717) is 6.42 Å². The Labute approximate surface area is 151 Å². The van der Waals surface area contributed by atoms with Gasteiger partial charge in [-0.15, -0.1) is 0 Å². The lowest BCUT2D eigenvalue weighted by molar-refractivity contribution is -0.145. The molecule has 0 aliphatic heterocycles. The van der Waals surface area contributed by atoms with E-state index in [9.17, 15) is 18.0 Å². The van der Waals surface area contributed by atoms with Gasteiger partial charge in [0.1, 0.15) is 0 Å². The number of amides is 1. The van der Waals surface area contributed by atoms with Crippen molar-refractivity contribution in [2.75, 3.05) is 0 Å². The first kappa shape index (κ1) is 18.0. The molecule has 1 amide bonds. The second-order valence-electron chi connectivity index (χ2n) is 6.35. The molecule has 1 aliphatic rings. The van der Waals surface area contributed by atoms with Crippen LogP contribution in [0.1, 0.15) is 59.5 Å². The fourth-order valence-electron chi connectivity index (χ4n) is 3.17. The average Bonchev–Trinajstić information content (AvgIpc) is 3.11. The van der Waals surface area contributed by atoms with Crippen molar-refractivity contribution >= 4 is 21.8 Å². The number of aromatic nitrogens is 2. The molecule has 1 aliphatic carbocycles. The lowest BCUT2D eigenvalue weighted by atomic mass is 10.1. The number of halogens is 4. The molecule has 8 heteroatoms. The van der Waals surface area contributed by atoms with Gasteiger partial charge in [-0.3, -0.25) is 9.48 Å². The zero-order valence-corrected chi connectivity index (χ0v) is 15.3. The molecule has 0 saturated heterocycles. The van der Waals surface area contributed by atoms with E-state index in [4.69, 9.17) is 0 Å². The molecule has 1 N–H and O–H groups in total. The standard InChI is InChI=1S/C17H17BrF3N3O/c1-9(2)24-15(17(19,20)21)13(8-22-24)16(25)23-14-6-3-10-7-11(18)4-5-12(10)14/h4-5,7-9,14H,3,6H2,1-2H3,(H,23,25). The highest BCUT2D eigenvalue weighted by atomic mass is 79.9. The Morgan fingerprint density at radius 1 is 1.40 bits per heavy atom. The van der Waals surface area contributed by atoms with E-state index in [1.165, 1.54) is 0 Å². The fourth-order valence-corrected chi connectivity index (χ4v) is 3.58. The third-order valence-electron chi connectivity index (χ3n) is 4.29. The quantitative estimate of drug-likeness (QED) is 0.791. The normalized spacial score (nSPS) is 17.0. The lowest BCUT2D eigenvalue weighted by Gasteiger charge is -2.17. The number of nitrogens with zero attached hydrogens (tertiary/aromatic N) is 2. The van der Waals surface area contributed by atoms with E-state index in [1.807, 2.05) is 18.2 Å². The summed E-state index contributed by atoms with van der Waals surface area (Å²) in [6.07, 6.45) is -2.21. The van der Waals surface area contributed by atoms with Crippen LogP contribution in [-0.2, 0) is 12.6 Å². The molecule has 0 spiro atoms. The predicted molar refractivity (Wildman–Crippen MR) is 90.3 cm³/mol. The Morgan fingerprint density at radius 3 is 2.76 bits per heavy atom. The summed E-state index contributed by atoms with van der Waals surface area (Å²) in [4.78, 5) is 12.5. The molecular formula is C17H17BrF3N3O. The summed E-state index contributed by atoms with van der Waals surface area (Å²) >= 11 is 3.40. The maximum Gasteiger partial charge on any atom is 0.433 e. The maximum atomic E-state index is 13.4. The van der Waals surface area contributed by atoms with Crippen LogP contribution in [-0.4, -0.2) is 15.7 Å². The summed E-state index contributed by atoms with van der Waals surface area (Å²) in [6, 6.07) is 4.93. The monoisotopic (exact) mass is 415 g/mol. The fraction of sp³-hybridized carbons (Fsp3) is 0.412. The Balaban J connectivity index is 1.89. The van der Waals surface area contributed by atoms with E-state index >= 15 is 0 Å². The molecule has 1 heterocycles. The Kier molecular flexibility index (Phi) is 4.66. The van der Waals surface area contributed by atoms with Crippen LogP contribution in [0.3, 0.4) is 0 Å². The van der Waals surface area contributed by atoms with Gasteiger partial charge in [0.25, 0.3) is 5.91 Å². The van der Waals surface area contributed by atoms with E-state index in [2.05, 4.69) is 26.3 Å². The summed E-state index contributed by atoms with van der Waals surface area (Å²) in [5.41, 5.74) is 0.593. The second-order valence-corrected chi connectivity index (χ2v) is 7.27.